The molecule has 0 spiro atoms. The summed E-state index contributed by atoms with van der Waals surface area (Å²) in [5.41, 5.74) is 2.16. The summed E-state index contributed by atoms with van der Waals surface area (Å²) in [6.45, 7) is 5.36. The van der Waals surface area contributed by atoms with E-state index in [0.717, 1.165) is 5.56 Å². The number of hydrogen-bond acceptors (Lipinski definition) is 4. The third-order valence-electron chi connectivity index (χ3n) is 3.57. The second-order valence-electron chi connectivity index (χ2n) is 5.16. The summed E-state index contributed by atoms with van der Waals surface area (Å²) in [5.74, 6) is 0.193. The Kier molecular flexibility index (Phi) is 4.80. The number of hydrogen-bond donors (Lipinski definition) is 1. The van der Waals surface area contributed by atoms with E-state index in [1.165, 1.54) is 13.2 Å². The van der Waals surface area contributed by atoms with Crippen LogP contribution < -0.4 is 10.1 Å². The lowest BCUT2D eigenvalue weighted by atomic mass is 10.1. The summed E-state index contributed by atoms with van der Waals surface area (Å²) >= 11 is 0. The number of nitrogens with one attached hydrogen (secondary N) is 1. The quantitative estimate of drug-likeness (QED) is 0.922. The number of nitrogens with zero attached hydrogens (tertiary/aromatic N) is 1. The van der Waals surface area contributed by atoms with Gasteiger partial charge in [0.1, 0.15) is 5.76 Å². The topological polar surface area (TPSA) is 64.4 Å². The maximum Gasteiger partial charge on any atom is 0.225 e. The summed E-state index contributed by atoms with van der Waals surface area (Å²) in [6, 6.07) is 4.32. The molecule has 0 aliphatic carbocycles. The fourth-order valence-corrected chi connectivity index (χ4v) is 2.24. The van der Waals surface area contributed by atoms with Crippen molar-refractivity contribution in [3.8, 4) is 5.75 Å². The number of aryl methyl sites for hydroxylation is 2. The van der Waals surface area contributed by atoms with E-state index in [1.54, 1.807) is 32.9 Å². The molecule has 0 aliphatic rings. The molecule has 5 nitrogen and oxygen atoms in total. The third-order valence-corrected chi connectivity index (χ3v) is 3.57. The van der Waals surface area contributed by atoms with Crippen LogP contribution in [0.15, 0.2) is 22.7 Å². The lowest BCUT2D eigenvalue weighted by Gasteiger charge is -2.15. The molecule has 2 rings (SSSR count). The third kappa shape index (κ3) is 3.44. The minimum Gasteiger partial charge on any atom is -0.494 e. The molecular weight excluding hydrogens is 287 g/mol. The van der Waals surface area contributed by atoms with Crippen LogP contribution >= 0.6 is 0 Å². The molecule has 1 heterocycles. The van der Waals surface area contributed by atoms with E-state index in [2.05, 4.69) is 10.5 Å². The van der Waals surface area contributed by atoms with E-state index < -0.39 is 5.82 Å². The molecule has 0 saturated heterocycles. The number of methoxy groups -OCH3 is 1. The standard InChI is InChI=1S/C16H19FN2O3/c1-9(12-5-6-15(21-4)14(17)7-12)18-16(20)8-13-10(2)19-22-11(13)3/h5-7,9H,8H2,1-4H3,(H,18,20). The molecule has 0 radical (unpaired) electrons. The highest BCUT2D eigenvalue weighted by Crippen LogP contribution is 2.22. The van der Waals surface area contributed by atoms with E-state index in [1.807, 2.05) is 0 Å². The lowest BCUT2D eigenvalue weighted by Crippen LogP contribution is -2.28. The summed E-state index contributed by atoms with van der Waals surface area (Å²) in [4.78, 5) is 12.1. The highest BCUT2D eigenvalue weighted by atomic mass is 19.1. The molecule has 6 heteroatoms. The van der Waals surface area contributed by atoms with Gasteiger partial charge < -0.3 is 14.6 Å². The van der Waals surface area contributed by atoms with Crippen molar-refractivity contribution in [2.75, 3.05) is 7.11 Å². The molecule has 1 unspecified atom stereocenters. The van der Waals surface area contributed by atoms with E-state index in [9.17, 15) is 9.18 Å². The first-order valence-electron chi connectivity index (χ1n) is 6.97. The number of amides is 1. The van der Waals surface area contributed by atoms with Crippen molar-refractivity contribution < 1.29 is 18.4 Å². The number of benzene rings is 1. The van der Waals surface area contributed by atoms with Crippen molar-refractivity contribution >= 4 is 5.91 Å². The van der Waals surface area contributed by atoms with Crippen LogP contribution in [0.1, 0.15) is 35.5 Å². The maximum absolute atomic E-state index is 13.7. The molecule has 118 valence electrons. The summed E-state index contributed by atoms with van der Waals surface area (Å²) in [7, 11) is 1.41. The summed E-state index contributed by atoms with van der Waals surface area (Å²) in [6.07, 6.45) is 0.185. The predicted octanol–water partition coefficient (Wildman–Crippen LogP) is 2.86. The van der Waals surface area contributed by atoms with Crippen LogP contribution in [0, 0.1) is 19.7 Å². The minimum absolute atomic E-state index is 0.168. The Morgan fingerprint density at radius 3 is 2.73 bits per heavy atom. The van der Waals surface area contributed by atoms with E-state index in [0.29, 0.717) is 17.0 Å². The van der Waals surface area contributed by atoms with Gasteiger partial charge in [0.05, 0.1) is 25.3 Å². The molecule has 0 aliphatic heterocycles. The molecule has 0 saturated carbocycles. The highest BCUT2D eigenvalue weighted by Gasteiger charge is 2.16. The number of aromatic nitrogens is 1. The van der Waals surface area contributed by atoms with Gasteiger partial charge in [0.25, 0.3) is 0 Å². The van der Waals surface area contributed by atoms with Crippen molar-refractivity contribution in [1.29, 1.82) is 0 Å². The largest absolute Gasteiger partial charge is 0.494 e. The number of rotatable bonds is 5. The SMILES string of the molecule is COc1ccc(C(C)NC(=O)Cc2c(C)noc2C)cc1F. The average molecular weight is 306 g/mol. The normalized spacial score (nSPS) is 12.0. The first-order chi connectivity index (χ1) is 10.4. The van der Waals surface area contributed by atoms with Crippen molar-refractivity contribution in [2.24, 2.45) is 0 Å². The van der Waals surface area contributed by atoms with Gasteiger partial charge in [0.15, 0.2) is 11.6 Å². The Balaban J connectivity index is 2.04. The fourth-order valence-electron chi connectivity index (χ4n) is 2.24. The van der Waals surface area contributed by atoms with E-state index in [4.69, 9.17) is 9.26 Å². The average Bonchev–Trinajstić information content (AvgIpc) is 2.79. The second kappa shape index (κ2) is 6.60. The van der Waals surface area contributed by atoms with Crippen LogP contribution in [0.5, 0.6) is 5.75 Å². The number of halogens is 1. The molecule has 1 amide bonds. The summed E-state index contributed by atoms with van der Waals surface area (Å²) < 4.78 is 23.6. The second-order valence-corrected chi connectivity index (χ2v) is 5.16. The zero-order valence-corrected chi connectivity index (χ0v) is 13.1. The molecule has 0 fully saturated rings. The van der Waals surface area contributed by atoms with Crippen LogP contribution in [0.4, 0.5) is 4.39 Å². The minimum atomic E-state index is -0.452. The molecule has 22 heavy (non-hydrogen) atoms. The monoisotopic (exact) mass is 306 g/mol. The van der Waals surface area contributed by atoms with Crippen molar-refractivity contribution in [3.63, 3.8) is 0 Å². The highest BCUT2D eigenvalue weighted by molar-refractivity contribution is 5.79. The number of carbonyl (C=O) groups excluding carboxylic acids is 1. The van der Waals surface area contributed by atoms with E-state index in [-0.39, 0.29) is 24.1 Å². The van der Waals surface area contributed by atoms with Crippen LogP contribution in [-0.4, -0.2) is 18.2 Å². The van der Waals surface area contributed by atoms with Crippen molar-refractivity contribution in [2.45, 2.75) is 33.2 Å². The van der Waals surface area contributed by atoms with Gasteiger partial charge in [-0.2, -0.15) is 0 Å². The Morgan fingerprint density at radius 2 is 2.18 bits per heavy atom. The lowest BCUT2D eigenvalue weighted by molar-refractivity contribution is -0.121. The van der Waals surface area contributed by atoms with Crippen LogP contribution in [0.3, 0.4) is 0 Å². The number of carbonyl (C=O) groups is 1. The maximum atomic E-state index is 13.7. The summed E-state index contributed by atoms with van der Waals surface area (Å²) in [5, 5.41) is 6.66. The van der Waals surface area contributed by atoms with Crippen molar-refractivity contribution in [3.05, 3.63) is 46.6 Å². The molecule has 1 N–H and O–H groups in total. The van der Waals surface area contributed by atoms with Gasteiger partial charge >= 0.3 is 0 Å². The number of ether oxygens (including phenoxy) is 1. The Morgan fingerprint density at radius 1 is 1.45 bits per heavy atom. The first-order valence-corrected chi connectivity index (χ1v) is 6.97. The van der Waals surface area contributed by atoms with Crippen LogP contribution in [0.2, 0.25) is 0 Å². The molecule has 1 aromatic carbocycles. The van der Waals surface area contributed by atoms with Crippen LogP contribution in [-0.2, 0) is 11.2 Å². The van der Waals surface area contributed by atoms with Crippen molar-refractivity contribution in [1.82, 2.24) is 10.5 Å². The Labute approximate surface area is 128 Å². The van der Waals surface area contributed by atoms with Gasteiger partial charge in [-0.25, -0.2) is 4.39 Å². The molecule has 2 aromatic rings. The van der Waals surface area contributed by atoms with Crippen LogP contribution in [0.25, 0.3) is 0 Å². The smallest absolute Gasteiger partial charge is 0.225 e. The van der Waals surface area contributed by atoms with Gasteiger partial charge in [-0.3, -0.25) is 4.79 Å². The predicted molar refractivity (Wildman–Crippen MR) is 79.2 cm³/mol. The Hall–Kier alpha value is -2.37. The van der Waals surface area contributed by atoms with E-state index >= 15 is 0 Å². The van der Waals surface area contributed by atoms with Gasteiger partial charge in [0.2, 0.25) is 5.91 Å². The van der Waals surface area contributed by atoms with Gasteiger partial charge in [-0.15, -0.1) is 0 Å². The first kappa shape index (κ1) is 16.0. The van der Waals surface area contributed by atoms with Gasteiger partial charge in [-0.1, -0.05) is 11.2 Å². The zero-order chi connectivity index (χ0) is 16.3. The fraction of sp³-hybridized carbons (Fsp3) is 0.375. The molecular formula is C16H19FN2O3. The molecule has 1 aromatic heterocycles. The zero-order valence-electron chi connectivity index (χ0n) is 13.1. The Bertz CT molecular complexity index is 663. The van der Waals surface area contributed by atoms with Gasteiger partial charge in [-0.05, 0) is 38.5 Å². The molecule has 1 atom stereocenters. The van der Waals surface area contributed by atoms with Gasteiger partial charge in [0, 0.05) is 5.56 Å². The molecule has 0 bridgehead atoms.